The number of aliphatic carboxylic acids is 1. The first kappa shape index (κ1) is 34.0. The molecule has 0 aromatic carbocycles. The molecule has 10 nitrogen and oxygen atoms in total. The zero-order valence-electron chi connectivity index (χ0n) is 23.4. The summed E-state index contributed by atoms with van der Waals surface area (Å²) in [6.07, 6.45) is 16.0. The number of hydrogen-bond acceptors (Lipinski definition) is 8. The number of ketones is 2. The first-order chi connectivity index (χ1) is 18.5. The van der Waals surface area contributed by atoms with Gasteiger partial charge in [-0.1, -0.05) is 62.6 Å². The minimum absolute atomic E-state index is 0.0794. The molecule has 4 atom stereocenters. The Labute approximate surface area is 230 Å². The van der Waals surface area contributed by atoms with Gasteiger partial charge in [-0.25, -0.2) is 4.79 Å². The number of nitroso groups, excluding NO2 is 1. The highest BCUT2D eigenvalue weighted by Crippen LogP contribution is 2.28. The smallest absolute Gasteiger partial charge is 0.326 e. The number of rotatable bonds is 18. The van der Waals surface area contributed by atoms with Gasteiger partial charge in [0.05, 0.1) is 0 Å². The number of Topliss-reactive ketones (excluding diaryl/α,β-unsaturated/α-hetero) is 2. The van der Waals surface area contributed by atoms with Gasteiger partial charge in [-0.3, -0.25) is 14.4 Å². The lowest BCUT2D eigenvalue weighted by molar-refractivity contribution is -0.163. The largest absolute Gasteiger partial charge is 0.480 e. The number of carbonyl (C=O) groups excluding carboxylic acids is 3. The number of piperidine rings is 1. The van der Waals surface area contributed by atoms with Crippen LogP contribution in [0.1, 0.15) is 85.0 Å². The topological polar surface area (TPSA) is 162 Å². The Hall–Kier alpha value is -2.98. The lowest BCUT2D eigenvalue weighted by atomic mass is 9.88. The fourth-order valence-electron chi connectivity index (χ4n) is 4.51. The molecule has 0 radical (unpaired) electrons. The molecule has 1 heterocycles. The molecule has 1 rings (SSSR count). The molecule has 0 aromatic heterocycles. The van der Waals surface area contributed by atoms with Crippen molar-refractivity contribution in [2.24, 2.45) is 17.0 Å². The van der Waals surface area contributed by atoms with E-state index in [9.17, 15) is 34.3 Å². The van der Waals surface area contributed by atoms with Crippen molar-refractivity contribution >= 4 is 23.4 Å². The average molecular weight is 549 g/mol. The first-order valence-electron chi connectivity index (χ1n) is 13.8. The fraction of sp³-hybridized carbons (Fsp3) is 0.655. The molecule has 0 spiro atoms. The molecule has 1 fully saturated rings. The van der Waals surface area contributed by atoms with E-state index in [2.05, 4.69) is 5.18 Å². The van der Waals surface area contributed by atoms with Gasteiger partial charge >= 0.3 is 5.97 Å². The molecule has 218 valence electrons. The second kappa shape index (κ2) is 17.6. The van der Waals surface area contributed by atoms with Crippen molar-refractivity contribution in [3.05, 3.63) is 40.9 Å². The highest BCUT2D eigenvalue weighted by atomic mass is 16.4. The van der Waals surface area contributed by atoms with E-state index in [1.807, 2.05) is 44.2 Å². The molecule has 1 aliphatic rings. The van der Waals surface area contributed by atoms with Gasteiger partial charge in [0.1, 0.15) is 12.6 Å². The minimum atomic E-state index is -2.72. The third kappa shape index (κ3) is 11.0. The van der Waals surface area contributed by atoms with Crippen LogP contribution in [0, 0.1) is 16.7 Å². The molecule has 0 aliphatic carbocycles. The maximum atomic E-state index is 12.8. The summed E-state index contributed by atoms with van der Waals surface area (Å²) in [6.45, 7) is 4.98. The number of amides is 1. The summed E-state index contributed by atoms with van der Waals surface area (Å²) in [4.78, 5) is 60.7. The maximum absolute atomic E-state index is 12.8. The summed E-state index contributed by atoms with van der Waals surface area (Å²) >= 11 is 0. The Bertz CT molecular complexity index is 942. The third-order valence-corrected chi connectivity index (χ3v) is 7.32. The van der Waals surface area contributed by atoms with Gasteiger partial charge in [-0.2, -0.15) is 0 Å². The van der Waals surface area contributed by atoms with E-state index < -0.39 is 42.0 Å². The average Bonchev–Trinajstić information content (AvgIpc) is 2.94. The van der Waals surface area contributed by atoms with Crippen molar-refractivity contribution in [2.75, 3.05) is 13.2 Å². The number of aliphatic hydroxyl groups excluding tert-OH is 1. The standard InChI is InChI=1S/C29H44N2O8/c1-21(14-8-5-4-6-10-16-22(2)25(33)20-32)15-9-7-11-17-23(3)29(38,30-39)26(34)27(35)31-19-13-12-18-24(31)28(36)37/h4-6,8,14,22-24,32,38H,7,9-13,15-20H2,1-3H3,(H,36,37)/b6-4+,8-5+,21-14+/t22-,23-,24?,29?/m1/s1. The number of likely N-dealkylation sites (tertiary alicyclic amines) is 1. The molecule has 1 aliphatic heterocycles. The molecule has 1 saturated heterocycles. The highest BCUT2D eigenvalue weighted by molar-refractivity contribution is 6.39. The number of allylic oxidation sites excluding steroid dienone is 6. The van der Waals surface area contributed by atoms with E-state index in [0.717, 1.165) is 30.6 Å². The summed E-state index contributed by atoms with van der Waals surface area (Å²) in [5.74, 6) is -4.95. The van der Waals surface area contributed by atoms with E-state index in [4.69, 9.17) is 5.11 Å². The Balaban J connectivity index is 2.46. The second-order valence-electron chi connectivity index (χ2n) is 10.4. The lowest BCUT2D eigenvalue weighted by Crippen LogP contribution is -2.56. The summed E-state index contributed by atoms with van der Waals surface area (Å²) in [6, 6.07) is -1.15. The van der Waals surface area contributed by atoms with Gasteiger partial charge in [-0.05, 0) is 63.5 Å². The van der Waals surface area contributed by atoms with Gasteiger partial charge < -0.3 is 20.2 Å². The molecule has 39 heavy (non-hydrogen) atoms. The molecule has 0 saturated carbocycles. The predicted molar refractivity (Wildman–Crippen MR) is 148 cm³/mol. The maximum Gasteiger partial charge on any atom is 0.326 e. The molecule has 0 aromatic rings. The Kier molecular flexibility index (Phi) is 15.3. The number of nitrogens with zero attached hydrogens (tertiary/aromatic N) is 2. The SMILES string of the molecule is C\C(=C/C=C/C=C/CC[C@@H](C)C(=O)CO)CCCCC[C@@H](C)C(O)(N=O)C(=O)C(=O)N1CCCCC1C(=O)O. The van der Waals surface area contributed by atoms with Crippen LogP contribution in [0.3, 0.4) is 0 Å². The minimum Gasteiger partial charge on any atom is -0.480 e. The Morgan fingerprint density at radius 3 is 2.41 bits per heavy atom. The molecule has 0 bridgehead atoms. The van der Waals surface area contributed by atoms with Gasteiger partial charge in [0.2, 0.25) is 0 Å². The van der Waals surface area contributed by atoms with Crippen LogP contribution in [0.4, 0.5) is 0 Å². The van der Waals surface area contributed by atoms with Crippen molar-refractivity contribution in [3.8, 4) is 0 Å². The molecular formula is C29H44N2O8. The van der Waals surface area contributed by atoms with E-state index in [0.29, 0.717) is 32.1 Å². The van der Waals surface area contributed by atoms with Crippen LogP contribution in [0.15, 0.2) is 41.1 Å². The molecule has 2 unspecified atom stereocenters. The van der Waals surface area contributed by atoms with Crippen molar-refractivity contribution in [2.45, 2.75) is 96.7 Å². The number of carbonyl (C=O) groups is 4. The van der Waals surface area contributed by atoms with Crippen molar-refractivity contribution in [1.82, 2.24) is 4.90 Å². The van der Waals surface area contributed by atoms with Gasteiger partial charge in [0.15, 0.2) is 5.78 Å². The number of aliphatic hydroxyl groups is 2. The Morgan fingerprint density at radius 2 is 1.77 bits per heavy atom. The second-order valence-corrected chi connectivity index (χ2v) is 10.4. The van der Waals surface area contributed by atoms with E-state index in [-0.39, 0.29) is 24.7 Å². The fourth-order valence-corrected chi connectivity index (χ4v) is 4.51. The zero-order chi connectivity index (χ0) is 29.4. The molecule has 10 heteroatoms. The summed E-state index contributed by atoms with van der Waals surface area (Å²) < 4.78 is 0. The van der Waals surface area contributed by atoms with Crippen LogP contribution in [-0.4, -0.2) is 68.6 Å². The normalized spacial score (nSPS) is 19.6. The van der Waals surface area contributed by atoms with Crippen LogP contribution in [0.2, 0.25) is 0 Å². The summed E-state index contributed by atoms with van der Waals surface area (Å²) in [5, 5.41) is 31.5. The van der Waals surface area contributed by atoms with Crippen LogP contribution < -0.4 is 0 Å². The van der Waals surface area contributed by atoms with E-state index >= 15 is 0 Å². The quantitative estimate of drug-likeness (QED) is 0.0998. The van der Waals surface area contributed by atoms with Crippen LogP contribution >= 0.6 is 0 Å². The first-order valence-corrected chi connectivity index (χ1v) is 13.8. The van der Waals surface area contributed by atoms with Crippen molar-refractivity contribution in [3.63, 3.8) is 0 Å². The highest BCUT2D eigenvalue weighted by Gasteiger charge is 2.49. The predicted octanol–water partition coefficient (Wildman–Crippen LogP) is 4.10. The zero-order valence-corrected chi connectivity index (χ0v) is 23.4. The Morgan fingerprint density at radius 1 is 1.05 bits per heavy atom. The van der Waals surface area contributed by atoms with E-state index in [1.165, 1.54) is 12.5 Å². The summed E-state index contributed by atoms with van der Waals surface area (Å²) in [5.41, 5.74) is -1.55. The van der Waals surface area contributed by atoms with Crippen LogP contribution in [-0.2, 0) is 19.2 Å². The number of unbranched alkanes of at least 4 members (excludes halogenated alkanes) is 2. The molecule has 1 amide bonds. The number of carboxylic acids is 1. The van der Waals surface area contributed by atoms with Crippen LogP contribution in [0.25, 0.3) is 0 Å². The number of hydrogen-bond donors (Lipinski definition) is 3. The van der Waals surface area contributed by atoms with Crippen molar-refractivity contribution < 1.29 is 34.5 Å². The van der Waals surface area contributed by atoms with Gasteiger partial charge in [-0.15, -0.1) is 4.91 Å². The van der Waals surface area contributed by atoms with Crippen LogP contribution in [0.5, 0.6) is 0 Å². The monoisotopic (exact) mass is 548 g/mol. The van der Waals surface area contributed by atoms with Gasteiger partial charge in [0.25, 0.3) is 17.4 Å². The summed E-state index contributed by atoms with van der Waals surface area (Å²) in [7, 11) is 0. The molecule has 3 N–H and O–H groups in total. The van der Waals surface area contributed by atoms with E-state index in [1.54, 1.807) is 0 Å². The lowest BCUT2D eigenvalue weighted by Gasteiger charge is -2.34. The van der Waals surface area contributed by atoms with Crippen molar-refractivity contribution in [1.29, 1.82) is 0 Å². The third-order valence-electron chi connectivity index (χ3n) is 7.32. The molecular weight excluding hydrogens is 504 g/mol. The number of carboxylic acid groups (broad SMARTS) is 1. The van der Waals surface area contributed by atoms with Gasteiger partial charge in [0, 0.05) is 18.4 Å².